The summed E-state index contributed by atoms with van der Waals surface area (Å²) in [6.07, 6.45) is 3.72. The number of sulfonamides is 1. The number of amides is 1. The van der Waals surface area contributed by atoms with Gasteiger partial charge in [-0.1, -0.05) is 24.3 Å². The molecule has 0 unspecified atom stereocenters. The Kier molecular flexibility index (Phi) is 7.37. The Hall–Kier alpha value is -3.52. The van der Waals surface area contributed by atoms with Crippen molar-refractivity contribution < 1.29 is 13.2 Å². The second-order valence-electron chi connectivity index (χ2n) is 8.33. The molecule has 1 fully saturated rings. The minimum atomic E-state index is -3.73. The first kappa shape index (κ1) is 23.6. The Morgan fingerprint density at radius 3 is 2.29 bits per heavy atom. The molecule has 1 amide bonds. The lowest BCUT2D eigenvalue weighted by molar-refractivity contribution is -0.114. The maximum absolute atomic E-state index is 13.0. The molecule has 1 aliphatic rings. The minimum absolute atomic E-state index is 0.0197. The number of hydrogen-bond acceptors (Lipinski definition) is 5. The van der Waals surface area contributed by atoms with Crippen molar-refractivity contribution in [3.63, 3.8) is 0 Å². The normalized spacial score (nSPS) is 13.9. The first-order valence-electron chi connectivity index (χ1n) is 11.5. The summed E-state index contributed by atoms with van der Waals surface area (Å²) in [6, 6.07) is 23.3. The van der Waals surface area contributed by atoms with Crippen LogP contribution in [0.25, 0.3) is 0 Å². The highest BCUT2D eigenvalue weighted by atomic mass is 32.2. The van der Waals surface area contributed by atoms with Gasteiger partial charge in [-0.2, -0.15) is 0 Å². The third kappa shape index (κ3) is 5.69. The average Bonchev–Trinajstić information content (AvgIpc) is 2.88. The number of nitrogens with zero attached hydrogens (tertiary/aromatic N) is 2. The van der Waals surface area contributed by atoms with Crippen LogP contribution < -0.4 is 19.8 Å². The highest BCUT2D eigenvalue weighted by Crippen LogP contribution is 2.24. The van der Waals surface area contributed by atoms with Gasteiger partial charge in [0.1, 0.15) is 0 Å². The molecule has 1 heterocycles. The van der Waals surface area contributed by atoms with E-state index in [9.17, 15) is 13.2 Å². The average molecular weight is 479 g/mol. The highest BCUT2D eigenvalue weighted by molar-refractivity contribution is 7.92. The number of carbonyl (C=O) groups excluding carboxylic acids is 1. The minimum Gasteiger partial charge on any atom is -0.376 e. The van der Waals surface area contributed by atoms with E-state index in [1.165, 1.54) is 42.4 Å². The Labute approximate surface area is 201 Å². The molecule has 7 nitrogen and oxygen atoms in total. The van der Waals surface area contributed by atoms with E-state index in [0.717, 1.165) is 18.8 Å². The van der Waals surface area contributed by atoms with Gasteiger partial charge in [0.05, 0.1) is 17.1 Å². The molecular formula is C26H30N4O3S. The summed E-state index contributed by atoms with van der Waals surface area (Å²) in [7, 11) is -2.20. The summed E-state index contributed by atoms with van der Waals surface area (Å²) >= 11 is 0. The summed E-state index contributed by atoms with van der Waals surface area (Å²) in [5.74, 6) is -0.208. The Morgan fingerprint density at radius 2 is 1.59 bits per heavy atom. The lowest BCUT2D eigenvalue weighted by Gasteiger charge is -2.28. The molecule has 0 saturated carbocycles. The summed E-state index contributed by atoms with van der Waals surface area (Å²) in [4.78, 5) is 15.0. The first-order chi connectivity index (χ1) is 16.4. The van der Waals surface area contributed by atoms with Gasteiger partial charge in [-0.25, -0.2) is 8.42 Å². The molecule has 3 aromatic carbocycles. The maximum Gasteiger partial charge on any atom is 0.264 e. The molecule has 0 spiro atoms. The summed E-state index contributed by atoms with van der Waals surface area (Å²) < 4.78 is 27.3. The third-order valence-electron chi connectivity index (χ3n) is 5.94. The third-order valence-corrected chi connectivity index (χ3v) is 7.72. The molecule has 34 heavy (non-hydrogen) atoms. The first-order valence-corrected chi connectivity index (χ1v) is 12.9. The molecule has 0 bridgehead atoms. The van der Waals surface area contributed by atoms with E-state index >= 15 is 0 Å². The van der Waals surface area contributed by atoms with Crippen LogP contribution in [0.4, 0.5) is 22.7 Å². The molecule has 1 aliphatic heterocycles. The van der Waals surface area contributed by atoms with Crippen LogP contribution in [0.15, 0.2) is 83.8 Å². The zero-order valence-corrected chi connectivity index (χ0v) is 20.1. The molecular weight excluding hydrogens is 448 g/mol. The van der Waals surface area contributed by atoms with Gasteiger partial charge in [-0.15, -0.1) is 0 Å². The van der Waals surface area contributed by atoms with Gasteiger partial charge in [0, 0.05) is 37.2 Å². The molecule has 178 valence electrons. The predicted octanol–water partition coefficient (Wildman–Crippen LogP) is 4.55. The maximum atomic E-state index is 13.0. The Balaban J connectivity index is 1.35. The van der Waals surface area contributed by atoms with E-state index in [4.69, 9.17) is 0 Å². The quantitative estimate of drug-likeness (QED) is 0.496. The lowest BCUT2D eigenvalue weighted by atomic mass is 10.1. The van der Waals surface area contributed by atoms with Crippen molar-refractivity contribution in [1.82, 2.24) is 0 Å². The number of rotatable bonds is 8. The van der Waals surface area contributed by atoms with Crippen molar-refractivity contribution in [3.8, 4) is 0 Å². The van der Waals surface area contributed by atoms with Gasteiger partial charge in [-0.3, -0.25) is 9.10 Å². The molecule has 0 atom stereocenters. The van der Waals surface area contributed by atoms with Crippen molar-refractivity contribution in [1.29, 1.82) is 0 Å². The number of nitrogens with one attached hydrogen (secondary N) is 2. The molecule has 0 aromatic heterocycles. The fourth-order valence-corrected chi connectivity index (χ4v) is 5.24. The highest BCUT2D eigenvalue weighted by Gasteiger charge is 2.21. The monoisotopic (exact) mass is 478 g/mol. The lowest BCUT2D eigenvalue weighted by Crippen LogP contribution is -2.29. The smallest absolute Gasteiger partial charge is 0.264 e. The fraction of sp³-hybridized carbons (Fsp3) is 0.269. The van der Waals surface area contributed by atoms with Crippen molar-refractivity contribution in [3.05, 3.63) is 78.9 Å². The van der Waals surface area contributed by atoms with Crippen LogP contribution in [0.1, 0.15) is 19.3 Å². The molecule has 3 aromatic rings. The molecule has 8 heteroatoms. The van der Waals surface area contributed by atoms with Crippen LogP contribution in [-0.4, -0.2) is 41.0 Å². The van der Waals surface area contributed by atoms with Gasteiger partial charge in [-0.05, 0) is 73.9 Å². The van der Waals surface area contributed by atoms with E-state index in [1.807, 2.05) is 30.3 Å². The van der Waals surface area contributed by atoms with Gasteiger partial charge < -0.3 is 15.5 Å². The summed E-state index contributed by atoms with van der Waals surface area (Å²) in [5, 5.41) is 5.90. The fourth-order valence-electron chi connectivity index (χ4n) is 4.00. The zero-order chi connectivity index (χ0) is 24.0. The summed E-state index contributed by atoms with van der Waals surface area (Å²) in [5.41, 5.74) is 3.03. The van der Waals surface area contributed by atoms with Crippen molar-refractivity contribution in [2.45, 2.75) is 24.2 Å². The molecule has 0 radical (unpaired) electrons. The summed E-state index contributed by atoms with van der Waals surface area (Å²) in [6.45, 7) is 2.17. The number of hydrogen-bond donors (Lipinski definition) is 2. The molecule has 1 saturated heterocycles. The standard InChI is InChI=1S/C26H30N4O3S/c1-29(23-10-4-2-5-11-23)34(32,33)25-12-8-9-22(19-25)27-20-26(31)28-21-13-15-24(16-14-21)30-17-6-3-7-18-30/h2,4-5,8-16,19,27H,3,6-7,17-18,20H2,1H3,(H,28,31). The largest absolute Gasteiger partial charge is 0.376 e. The SMILES string of the molecule is CN(c1ccccc1)S(=O)(=O)c1cccc(NCC(=O)Nc2ccc(N3CCCCC3)cc2)c1. The zero-order valence-electron chi connectivity index (χ0n) is 19.3. The van der Waals surface area contributed by atoms with E-state index in [1.54, 1.807) is 42.5 Å². The van der Waals surface area contributed by atoms with Crippen LogP contribution in [0.2, 0.25) is 0 Å². The number of carbonyl (C=O) groups is 1. The number of anilines is 4. The van der Waals surface area contributed by atoms with E-state index in [2.05, 4.69) is 15.5 Å². The second-order valence-corrected chi connectivity index (χ2v) is 10.3. The Morgan fingerprint density at radius 1 is 0.882 bits per heavy atom. The number of benzene rings is 3. The van der Waals surface area contributed by atoms with Crippen LogP contribution in [-0.2, 0) is 14.8 Å². The van der Waals surface area contributed by atoms with Crippen LogP contribution in [0, 0.1) is 0 Å². The predicted molar refractivity (Wildman–Crippen MR) is 138 cm³/mol. The van der Waals surface area contributed by atoms with Crippen LogP contribution >= 0.6 is 0 Å². The van der Waals surface area contributed by atoms with Crippen LogP contribution in [0.5, 0.6) is 0 Å². The second kappa shape index (κ2) is 10.6. The van der Waals surface area contributed by atoms with Crippen molar-refractivity contribution >= 4 is 38.7 Å². The van der Waals surface area contributed by atoms with Gasteiger partial charge in [0.2, 0.25) is 5.91 Å². The van der Waals surface area contributed by atoms with Crippen molar-refractivity contribution in [2.24, 2.45) is 0 Å². The van der Waals surface area contributed by atoms with Gasteiger partial charge in [0.15, 0.2) is 0 Å². The van der Waals surface area contributed by atoms with E-state index in [-0.39, 0.29) is 17.3 Å². The van der Waals surface area contributed by atoms with E-state index in [0.29, 0.717) is 11.4 Å². The molecule has 2 N–H and O–H groups in total. The van der Waals surface area contributed by atoms with Gasteiger partial charge >= 0.3 is 0 Å². The number of piperidine rings is 1. The van der Waals surface area contributed by atoms with E-state index < -0.39 is 10.0 Å². The van der Waals surface area contributed by atoms with Crippen LogP contribution in [0.3, 0.4) is 0 Å². The van der Waals surface area contributed by atoms with Crippen molar-refractivity contribution in [2.75, 3.05) is 46.5 Å². The molecule has 4 rings (SSSR count). The van der Waals surface area contributed by atoms with Gasteiger partial charge in [0.25, 0.3) is 10.0 Å². The molecule has 0 aliphatic carbocycles. The topological polar surface area (TPSA) is 81.8 Å². The Bertz CT molecular complexity index is 1210. The number of para-hydroxylation sites is 1.